The van der Waals surface area contributed by atoms with Gasteiger partial charge >= 0.3 is 0 Å². The number of aromatic nitrogens is 4. The minimum absolute atomic E-state index is 0.252. The molecule has 6 nitrogen and oxygen atoms in total. The van der Waals surface area contributed by atoms with Gasteiger partial charge in [-0.25, -0.2) is 4.98 Å². The molecule has 1 fully saturated rings. The number of methoxy groups -OCH3 is 1. The van der Waals surface area contributed by atoms with E-state index in [1.165, 1.54) is 10.9 Å². The third kappa shape index (κ3) is 3.27. The molecule has 150 valence electrons. The molecule has 3 atom stereocenters. The molecule has 0 spiro atoms. The van der Waals surface area contributed by atoms with Crippen LogP contribution >= 0.6 is 0 Å². The van der Waals surface area contributed by atoms with E-state index in [0.717, 1.165) is 47.3 Å². The number of rotatable bonds is 6. The van der Waals surface area contributed by atoms with Crippen LogP contribution in [0.4, 0.5) is 0 Å². The highest BCUT2D eigenvalue weighted by atomic mass is 16.5. The van der Waals surface area contributed by atoms with E-state index in [4.69, 9.17) is 14.6 Å². The predicted octanol–water partition coefficient (Wildman–Crippen LogP) is 4.94. The van der Waals surface area contributed by atoms with Crippen molar-refractivity contribution in [1.82, 2.24) is 20.2 Å². The van der Waals surface area contributed by atoms with Gasteiger partial charge in [0, 0.05) is 22.9 Å². The van der Waals surface area contributed by atoms with Crippen molar-refractivity contribution in [2.24, 2.45) is 5.92 Å². The molecule has 1 aliphatic rings. The molecule has 0 unspecified atom stereocenters. The zero-order valence-corrected chi connectivity index (χ0v) is 16.8. The molecule has 0 amide bonds. The van der Waals surface area contributed by atoms with Gasteiger partial charge in [-0.15, -0.1) is 0 Å². The molecule has 0 aliphatic heterocycles. The van der Waals surface area contributed by atoms with Gasteiger partial charge in [-0.3, -0.25) is 5.10 Å². The molecular weight excluding hydrogens is 364 g/mol. The van der Waals surface area contributed by atoms with Crippen molar-refractivity contribution in [3.63, 3.8) is 0 Å². The maximum Gasteiger partial charge on any atom is 0.138 e. The fraction of sp³-hybridized carbons (Fsp3) is 0.391. The van der Waals surface area contributed by atoms with Crippen LogP contribution in [0.25, 0.3) is 21.9 Å². The number of nitrogens with zero attached hydrogens (tertiary/aromatic N) is 2. The van der Waals surface area contributed by atoms with E-state index >= 15 is 0 Å². The first-order valence-corrected chi connectivity index (χ1v) is 10.3. The zero-order valence-electron chi connectivity index (χ0n) is 16.8. The Hall–Kier alpha value is -2.86. The number of benzene rings is 1. The number of hydrogen-bond donors (Lipinski definition) is 2. The third-order valence-corrected chi connectivity index (χ3v) is 6.31. The molecule has 5 rings (SSSR count). The Labute approximate surface area is 169 Å². The van der Waals surface area contributed by atoms with E-state index in [9.17, 15) is 0 Å². The van der Waals surface area contributed by atoms with Crippen LogP contribution in [0.15, 0.2) is 42.7 Å². The van der Waals surface area contributed by atoms with Crippen LogP contribution in [-0.4, -0.2) is 33.4 Å². The Balaban J connectivity index is 1.37. The van der Waals surface area contributed by atoms with Crippen molar-refractivity contribution < 1.29 is 9.47 Å². The predicted molar refractivity (Wildman–Crippen MR) is 113 cm³/mol. The van der Waals surface area contributed by atoms with Crippen molar-refractivity contribution in [2.75, 3.05) is 7.11 Å². The molecule has 29 heavy (non-hydrogen) atoms. The van der Waals surface area contributed by atoms with Gasteiger partial charge in [-0.1, -0.05) is 25.5 Å². The lowest BCUT2D eigenvalue weighted by Gasteiger charge is -2.15. The first-order chi connectivity index (χ1) is 14.3. The molecule has 2 N–H and O–H groups in total. The monoisotopic (exact) mass is 390 g/mol. The highest BCUT2D eigenvalue weighted by Gasteiger charge is 2.37. The quantitative estimate of drug-likeness (QED) is 0.489. The largest absolute Gasteiger partial charge is 0.497 e. The zero-order chi connectivity index (χ0) is 19.8. The van der Waals surface area contributed by atoms with Crippen molar-refractivity contribution in [3.8, 4) is 5.75 Å². The molecule has 4 aromatic rings. The number of ether oxygens (including phenoxy) is 2. The van der Waals surface area contributed by atoms with Crippen LogP contribution in [0.5, 0.6) is 5.75 Å². The number of H-pyrrole nitrogens is 2. The van der Waals surface area contributed by atoms with Crippen molar-refractivity contribution in [3.05, 3.63) is 54.0 Å². The molecule has 6 heteroatoms. The number of fused-ring (bicyclic) bond motifs is 3. The molecule has 0 radical (unpaired) electrons. The number of nitrogens with one attached hydrogen (secondary N) is 2. The Morgan fingerprint density at radius 1 is 1.14 bits per heavy atom. The smallest absolute Gasteiger partial charge is 0.138 e. The summed E-state index contributed by atoms with van der Waals surface area (Å²) in [4.78, 5) is 7.69. The summed E-state index contributed by atoms with van der Waals surface area (Å²) in [7, 11) is 1.69. The van der Waals surface area contributed by atoms with Crippen LogP contribution in [0.3, 0.4) is 0 Å². The minimum atomic E-state index is 0.252. The second-order valence-corrected chi connectivity index (χ2v) is 7.92. The third-order valence-electron chi connectivity index (χ3n) is 6.31. The van der Waals surface area contributed by atoms with Gasteiger partial charge in [0.15, 0.2) is 0 Å². The van der Waals surface area contributed by atoms with Crippen LogP contribution in [0, 0.1) is 5.92 Å². The maximum atomic E-state index is 6.31. The van der Waals surface area contributed by atoms with Crippen LogP contribution in [0.2, 0.25) is 0 Å². The highest BCUT2D eigenvalue weighted by Crippen LogP contribution is 2.45. The molecule has 1 aromatic carbocycles. The summed E-state index contributed by atoms with van der Waals surface area (Å²) in [5.41, 5.74) is 4.25. The second-order valence-electron chi connectivity index (χ2n) is 7.92. The van der Waals surface area contributed by atoms with Crippen LogP contribution in [-0.2, 0) is 11.3 Å². The van der Waals surface area contributed by atoms with E-state index in [2.05, 4.69) is 40.2 Å². The van der Waals surface area contributed by atoms with Crippen molar-refractivity contribution in [2.45, 2.75) is 44.8 Å². The topological polar surface area (TPSA) is 75.8 Å². The molecule has 1 aliphatic carbocycles. The first-order valence-electron chi connectivity index (χ1n) is 10.3. The lowest BCUT2D eigenvalue weighted by Crippen LogP contribution is -2.08. The minimum Gasteiger partial charge on any atom is -0.497 e. The Kier molecular flexibility index (Phi) is 4.72. The second kappa shape index (κ2) is 7.52. The summed E-state index contributed by atoms with van der Waals surface area (Å²) in [6.45, 7) is 2.90. The Morgan fingerprint density at radius 2 is 2.00 bits per heavy atom. The molecule has 3 aromatic heterocycles. The van der Waals surface area contributed by atoms with Gasteiger partial charge in [0.1, 0.15) is 11.4 Å². The van der Waals surface area contributed by atoms with Crippen molar-refractivity contribution >= 4 is 21.9 Å². The normalized spacial score (nSPS) is 21.9. The van der Waals surface area contributed by atoms with Gasteiger partial charge in [0.05, 0.1) is 37.2 Å². The average molecular weight is 390 g/mol. The van der Waals surface area contributed by atoms with Crippen LogP contribution < -0.4 is 4.74 Å². The number of pyridine rings is 1. The summed E-state index contributed by atoms with van der Waals surface area (Å²) in [6, 6.07) is 10.2. The van der Waals surface area contributed by atoms with E-state index in [1.54, 1.807) is 7.11 Å². The average Bonchev–Trinajstić information content (AvgIpc) is 3.48. The molecule has 0 saturated heterocycles. The summed E-state index contributed by atoms with van der Waals surface area (Å²) in [5, 5.41) is 10.3. The first kappa shape index (κ1) is 18.2. The summed E-state index contributed by atoms with van der Waals surface area (Å²) in [5.74, 6) is 1.84. The van der Waals surface area contributed by atoms with E-state index in [-0.39, 0.29) is 6.10 Å². The van der Waals surface area contributed by atoms with Crippen molar-refractivity contribution in [1.29, 1.82) is 0 Å². The number of hydrogen-bond acceptors (Lipinski definition) is 4. The fourth-order valence-corrected chi connectivity index (χ4v) is 4.75. The standard InChI is InChI=1S/C23H26N4O2/c1-3-15-10-17(29-13-14-4-6-16(28-2)7-5-14)11-19(15)22-21-18-8-9-24-23(18)25-12-20(21)26-27-22/h4-9,12,15,17,19H,3,10-11,13H2,1-2H3,(H,24,25)(H,26,27)/t15-,17+,19-/m1/s1. The lowest BCUT2D eigenvalue weighted by molar-refractivity contribution is 0.0423. The van der Waals surface area contributed by atoms with Gasteiger partial charge in [0.2, 0.25) is 0 Å². The summed E-state index contributed by atoms with van der Waals surface area (Å²) >= 11 is 0. The maximum absolute atomic E-state index is 6.31. The van der Waals surface area contributed by atoms with E-state index in [1.807, 2.05) is 24.5 Å². The van der Waals surface area contributed by atoms with Gasteiger partial charge in [0.25, 0.3) is 0 Å². The lowest BCUT2D eigenvalue weighted by atomic mass is 9.89. The Bertz CT molecular complexity index is 1120. The number of aromatic amines is 2. The fourth-order valence-electron chi connectivity index (χ4n) is 4.75. The van der Waals surface area contributed by atoms with Crippen LogP contribution in [0.1, 0.15) is 43.4 Å². The Morgan fingerprint density at radius 3 is 2.79 bits per heavy atom. The van der Waals surface area contributed by atoms with Gasteiger partial charge in [-0.05, 0) is 42.5 Å². The molecule has 3 heterocycles. The molecular formula is C23H26N4O2. The molecule has 1 saturated carbocycles. The SMILES string of the molecule is CC[C@@H]1C[C@H](OCc2ccc(OC)cc2)C[C@H]1c1n[nH]c2cnc3[nH]ccc3c12. The van der Waals surface area contributed by atoms with E-state index < -0.39 is 0 Å². The summed E-state index contributed by atoms with van der Waals surface area (Å²) < 4.78 is 11.5. The van der Waals surface area contributed by atoms with E-state index in [0.29, 0.717) is 18.4 Å². The molecule has 0 bridgehead atoms. The highest BCUT2D eigenvalue weighted by molar-refractivity contribution is 6.04. The van der Waals surface area contributed by atoms with Gasteiger partial charge < -0.3 is 14.5 Å². The van der Waals surface area contributed by atoms with Gasteiger partial charge in [-0.2, -0.15) is 5.10 Å². The summed E-state index contributed by atoms with van der Waals surface area (Å²) in [6.07, 6.45) is 7.28.